The summed E-state index contributed by atoms with van der Waals surface area (Å²) < 4.78 is 5.33. The predicted molar refractivity (Wildman–Crippen MR) is 68.9 cm³/mol. The highest BCUT2D eigenvalue weighted by Gasteiger charge is 2.08. The van der Waals surface area contributed by atoms with Crippen molar-refractivity contribution >= 4 is 11.6 Å². The zero-order valence-electron chi connectivity index (χ0n) is 10.1. The number of nitrogen functional groups attached to an aromatic ring is 1. The normalized spacial score (nSPS) is 10.1. The lowest BCUT2D eigenvalue weighted by molar-refractivity contribution is 0.0924. The lowest BCUT2D eigenvalue weighted by atomic mass is 10.2. The van der Waals surface area contributed by atoms with Gasteiger partial charge in [0.25, 0.3) is 0 Å². The van der Waals surface area contributed by atoms with Crippen LogP contribution in [0.5, 0.6) is 0 Å². The number of hydrogen-bond donors (Lipinski definition) is 3. The number of hydrazine groups is 1. The van der Waals surface area contributed by atoms with Crippen molar-refractivity contribution in [1.29, 1.82) is 0 Å². The quantitative estimate of drug-likeness (QED) is 0.436. The first-order valence-electron chi connectivity index (χ1n) is 5.59. The second-order valence-corrected chi connectivity index (χ2v) is 3.96. The number of rotatable bonds is 4. The van der Waals surface area contributed by atoms with Gasteiger partial charge in [-0.1, -0.05) is 12.1 Å². The summed E-state index contributed by atoms with van der Waals surface area (Å²) in [5, 5.41) is 3.22. The summed E-state index contributed by atoms with van der Waals surface area (Å²) in [7, 11) is 0. The lowest BCUT2D eigenvalue weighted by Crippen LogP contribution is -2.29. The first kappa shape index (κ1) is 12.2. The van der Waals surface area contributed by atoms with Crippen molar-refractivity contribution < 1.29 is 9.21 Å². The van der Waals surface area contributed by atoms with E-state index in [2.05, 4.69) is 5.32 Å². The van der Waals surface area contributed by atoms with Crippen molar-refractivity contribution in [3.63, 3.8) is 0 Å². The summed E-state index contributed by atoms with van der Waals surface area (Å²) in [6.45, 7) is 2.54. The third-order valence-electron chi connectivity index (χ3n) is 2.50. The van der Waals surface area contributed by atoms with Gasteiger partial charge in [-0.2, -0.15) is 0 Å². The molecule has 1 aromatic carbocycles. The van der Waals surface area contributed by atoms with Gasteiger partial charge >= 0.3 is 5.91 Å². The number of carbonyl (C=O) groups excluding carboxylic acids is 1. The van der Waals surface area contributed by atoms with E-state index in [0.717, 1.165) is 5.69 Å². The molecular weight excluding hydrogens is 230 g/mol. The Kier molecular flexibility index (Phi) is 3.64. The lowest BCUT2D eigenvalue weighted by Gasteiger charge is -2.04. The van der Waals surface area contributed by atoms with Gasteiger partial charge in [0.1, 0.15) is 5.76 Å². The van der Waals surface area contributed by atoms with Crippen LogP contribution in [0.2, 0.25) is 0 Å². The summed E-state index contributed by atoms with van der Waals surface area (Å²) in [5.74, 6) is 5.47. The Morgan fingerprint density at radius 3 is 2.89 bits per heavy atom. The zero-order valence-corrected chi connectivity index (χ0v) is 10.1. The topological polar surface area (TPSA) is 80.3 Å². The number of hydrogen-bond acceptors (Lipinski definition) is 4. The van der Waals surface area contributed by atoms with Gasteiger partial charge in [0.2, 0.25) is 0 Å². The van der Waals surface area contributed by atoms with Crippen LogP contribution < -0.4 is 16.6 Å². The van der Waals surface area contributed by atoms with Crippen molar-refractivity contribution in [3.8, 4) is 0 Å². The van der Waals surface area contributed by atoms with E-state index in [1.54, 1.807) is 12.1 Å². The molecule has 0 saturated carbocycles. The van der Waals surface area contributed by atoms with Crippen LogP contribution in [0.15, 0.2) is 40.8 Å². The van der Waals surface area contributed by atoms with Crippen LogP contribution in [0, 0.1) is 6.92 Å². The molecule has 0 aliphatic rings. The maximum atomic E-state index is 11.2. The minimum atomic E-state index is -0.434. The van der Waals surface area contributed by atoms with E-state index in [9.17, 15) is 4.79 Å². The first-order valence-corrected chi connectivity index (χ1v) is 5.59. The summed E-state index contributed by atoms with van der Waals surface area (Å²) in [5.41, 5.74) is 4.22. The minimum Gasteiger partial charge on any atom is -0.454 e. The van der Waals surface area contributed by atoms with E-state index < -0.39 is 5.91 Å². The molecule has 1 amide bonds. The number of amides is 1. The Hall–Kier alpha value is -2.27. The first-order chi connectivity index (χ1) is 8.69. The van der Waals surface area contributed by atoms with Crippen molar-refractivity contribution in [3.05, 3.63) is 53.5 Å². The van der Waals surface area contributed by atoms with Crippen molar-refractivity contribution in [1.82, 2.24) is 5.43 Å². The zero-order chi connectivity index (χ0) is 13.0. The second-order valence-electron chi connectivity index (χ2n) is 3.96. The fourth-order valence-electron chi connectivity index (χ4n) is 1.61. The molecule has 0 aliphatic carbocycles. The number of nitrogens with one attached hydrogen (secondary N) is 2. The Labute approximate surface area is 105 Å². The van der Waals surface area contributed by atoms with E-state index in [1.165, 1.54) is 5.56 Å². The van der Waals surface area contributed by atoms with Crippen LogP contribution in [0.1, 0.15) is 21.9 Å². The molecule has 18 heavy (non-hydrogen) atoms. The van der Waals surface area contributed by atoms with Gasteiger partial charge in [-0.3, -0.25) is 10.2 Å². The van der Waals surface area contributed by atoms with Crippen molar-refractivity contribution in [2.45, 2.75) is 13.5 Å². The SMILES string of the molecule is Cc1cccc(NCc2ccc(C(=O)NN)o2)c1. The second kappa shape index (κ2) is 5.37. The molecule has 2 aromatic rings. The molecule has 94 valence electrons. The maximum Gasteiger partial charge on any atom is 0.300 e. The van der Waals surface area contributed by atoms with Crippen LogP contribution in [0.4, 0.5) is 5.69 Å². The number of benzene rings is 1. The van der Waals surface area contributed by atoms with E-state index >= 15 is 0 Å². The van der Waals surface area contributed by atoms with Gasteiger partial charge in [-0.05, 0) is 36.8 Å². The monoisotopic (exact) mass is 245 g/mol. The van der Waals surface area contributed by atoms with E-state index in [0.29, 0.717) is 12.3 Å². The maximum absolute atomic E-state index is 11.2. The van der Waals surface area contributed by atoms with Gasteiger partial charge in [0.15, 0.2) is 5.76 Å². The predicted octanol–water partition coefficient (Wildman–Crippen LogP) is 1.80. The fourth-order valence-corrected chi connectivity index (χ4v) is 1.61. The summed E-state index contributed by atoms with van der Waals surface area (Å²) in [6.07, 6.45) is 0. The molecule has 0 radical (unpaired) electrons. The van der Waals surface area contributed by atoms with Gasteiger partial charge in [0.05, 0.1) is 6.54 Å². The van der Waals surface area contributed by atoms with Gasteiger partial charge in [-0.15, -0.1) is 0 Å². The number of furan rings is 1. The van der Waals surface area contributed by atoms with Crippen LogP contribution in [-0.2, 0) is 6.54 Å². The van der Waals surface area contributed by atoms with E-state index in [4.69, 9.17) is 10.3 Å². The number of aryl methyl sites for hydroxylation is 1. The smallest absolute Gasteiger partial charge is 0.300 e. The minimum absolute atomic E-state index is 0.207. The standard InChI is InChI=1S/C13H15N3O2/c1-9-3-2-4-10(7-9)15-8-11-5-6-12(18-11)13(17)16-14/h2-7,15H,8,14H2,1H3,(H,16,17). The fraction of sp³-hybridized carbons (Fsp3) is 0.154. The Balaban J connectivity index is 1.98. The number of anilines is 1. The molecule has 2 rings (SSSR count). The molecular formula is C13H15N3O2. The van der Waals surface area contributed by atoms with Gasteiger partial charge in [-0.25, -0.2) is 5.84 Å². The molecule has 0 atom stereocenters. The van der Waals surface area contributed by atoms with Gasteiger partial charge < -0.3 is 9.73 Å². The molecule has 0 saturated heterocycles. The highest BCUT2D eigenvalue weighted by Crippen LogP contribution is 2.13. The molecule has 1 heterocycles. The summed E-state index contributed by atoms with van der Waals surface area (Å²) in [6, 6.07) is 11.4. The average Bonchev–Trinajstić information content (AvgIpc) is 2.84. The molecule has 0 unspecified atom stereocenters. The van der Waals surface area contributed by atoms with Crippen molar-refractivity contribution in [2.75, 3.05) is 5.32 Å². The van der Waals surface area contributed by atoms with Crippen LogP contribution in [-0.4, -0.2) is 5.91 Å². The third-order valence-corrected chi connectivity index (χ3v) is 2.50. The largest absolute Gasteiger partial charge is 0.454 e. The van der Waals surface area contributed by atoms with Gasteiger partial charge in [0, 0.05) is 5.69 Å². The molecule has 0 spiro atoms. The third kappa shape index (κ3) is 2.89. The molecule has 4 N–H and O–H groups in total. The van der Waals surface area contributed by atoms with Crippen LogP contribution in [0.3, 0.4) is 0 Å². The molecule has 0 aliphatic heterocycles. The highest BCUT2D eigenvalue weighted by molar-refractivity contribution is 5.90. The molecule has 1 aromatic heterocycles. The molecule has 5 heteroatoms. The van der Waals surface area contributed by atoms with Crippen molar-refractivity contribution in [2.24, 2.45) is 5.84 Å². The Morgan fingerprint density at radius 1 is 1.33 bits per heavy atom. The number of carbonyl (C=O) groups is 1. The summed E-state index contributed by atoms with van der Waals surface area (Å²) in [4.78, 5) is 11.2. The summed E-state index contributed by atoms with van der Waals surface area (Å²) >= 11 is 0. The van der Waals surface area contributed by atoms with E-state index in [-0.39, 0.29) is 5.76 Å². The Bertz CT molecular complexity index is 549. The van der Waals surface area contributed by atoms with Crippen LogP contribution in [0.25, 0.3) is 0 Å². The van der Waals surface area contributed by atoms with Crippen LogP contribution >= 0.6 is 0 Å². The molecule has 0 fully saturated rings. The average molecular weight is 245 g/mol. The number of nitrogens with two attached hydrogens (primary N) is 1. The molecule has 5 nitrogen and oxygen atoms in total. The van der Waals surface area contributed by atoms with E-state index in [1.807, 2.05) is 36.6 Å². The highest BCUT2D eigenvalue weighted by atomic mass is 16.4. The molecule has 0 bridgehead atoms. The Morgan fingerprint density at radius 2 is 2.17 bits per heavy atom.